The van der Waals surface area contributed by atoms with Gasteiger partial charge in [0.25, 0.3) is 0 Å². The molecule has 1 aromatic carbocycles. The van der Waals surface area contributed by atoms with Crippen molar-refractivity contribution >= 4 is 11.8 Å². The van der Waals surface area contributed by atoms with Crippen molar-refractivity contribution in [3.05, 3.63) is 84.4 Å². The summed E-state index contributed by atoms with van der Waals surface area (Å²) in [6.07, 6.45) is 6.38. The first-order valence-electron chi connectivity index (χ1n) is 10.6. The Morgan fingerprint density at radius 3 is 2.77 bits per heavy atom. The summed E-state index contributed by atoms with van der Waals surface area (Å²) in [6.45, 7) is 3.45. The number of guanidine groups is 1. The molecule has 3 heterocycles. The summed E-state index contributed by atoms with van der Waals surface area (Å²) in [5.41, 5.74) is 1.32. The third-order valence-corrected chi connectivity index (χ3v) is 5.26. The second-order valence-corrected chi connectivity index (χ2v) is 7.49. The van der Waals surface area contributed by atoms with Crippen LogP contribution in [-0.4, -0.2) is 43.2 Å². The van der Waals surface area contributed by atoms with Gasteiger partial charge in [-0.25, -0.2) is 4.98 Å². The van der Waals surface area contributed by atoms with Gasteiger partial charge < -0.3 is 20.0 Å². The second-order valence-electron chi connectivity index (χ2n) is 7.49. The summed E-state index contributed by atoms with van der Waals surface area (Å²) in [5.74, 6) is 2.87. The molecule has 156 valence electrons. The lowest BCUT2D eigenvalue weighted by molar-refractivity contribution is 0.510. The van der Waals surface area contributed by atoms with Gasteiger partial charge in [0.15, 0.2) is 5.96 Å². The van der Waals surface area contributed by atoms with Crippen LogP contribution >= 0.6 is 0 Å². The third kappa shape index (κ3) is 5.86. The minimum Gasteiger partial charge on any atom is -0.469 e. The number of anilines is 1. The average molecular weight is 404 g/mol. The van der Waals surface area contributed by atoms with Crippen LogP contribution in [-0.2, 0) is 12.8 Å². The van der Waals surface area contributed by atoms with E-state index in [1.54, 1.807) is 6.26 Å². The molecule has 1 fully saturated rings. The topological polar surface area (TPSA) is 65.7 Å². The number of aliphatic imine (C=N–C) groups is 1. The molecular weight excluding hydrogens is 374 g/mol. The summed E-state index contributed by atoms with van der Waals surface area (Å²) >= 11 is 0. The Morgan fingerprint density at radius 1 is 1.07 bits per heavy atom. The summed E-state index contributed by atoms with van der Waals surface area (Å²) < 4.78 is 5.43. The highest BCUT2D eigenvalue weighted by Crippen LogP contribution is 2.17. The van der Waals surface area contributed by atoms with Crippen LogP contribution in [0.15, 0.2) is 82.5 Å². The normalized spacial score (nSPS) is 16.6. The Kier molecular flexibility index (Phi) is 6.99. The molecule has 2 aromatic heterocycles. The van der Waals surface area contributed by atoms with Crippen LogP contribution < -0.4 is 15.5 Å². The Hall–Kier alpha value is -3.28. The van der Waals surface area contributed by atoms with Crippen LogP contribution in [0.25, 0.3) is 0 Å². The fourth-order valence-electron chi connectivity index (χ4n) is 3.68. The summed E-state index contributed by atoms with van der Waals surface area (Å²) in [4.78, 5) is 11.6. The summed E-state index contributed by atoms with van der Waals surface area (Å²) in [5, 5.41) is 7.12. The van der Waals surface area contributed by atoms with E-state index < -0.39 is 0 Å². The van der Waals surface area contributed by atoms with E-state index in [2.05, 4.69) is 50.8 Å². The van der Waals surface area contributed by atoms with Crippen LogP contribution in [0.2, 0.25) is 0 Å². The summed E-state index contributed by atoms with van der Waals surface area (Å²) in [6, 6.07) is 20.8. The molecular formula is C24H29N5O. The standard InChI is InChI=1S/C24H29N5O/c1-2-7-20(8-3-1)11-15-26-24(27-16-12-22-9-6-18-30-22)28-21-13-17-29(19-21)23-10-4-5-14-25-23/h1-10,14,18,21H,11-13,15-17,19H2,(H2,26,27,28). The predicted octanol–water partition coefficient (Wildman–Crippen LogP) is 3.27. The predicted molar refractivity (Wildman–Crippen MR) is 121 cm³/mol. The maximum absolute atomic E-state index is 5.43. The van der Waals surface area contributed by atoms with Gasteiger partial charge in [-0.05, 0) is 42.7 Å². The molecule has 0 spiro atoms. The van der Waals surface area contributed by atoms with Crippen LogP contribution in [0.5, 0.6) is 0 Å². The first-order valence-corrected chi connectivity index (χ1v) is 10.6. The van der Waals surface area contributed by atoms with E-state index in [4.69, 9.17) is 9.41 Å². The number of nitrogens with zero attached hydrogens (tertiary/aromatic N) is 3. The van der Waals surface area contributed by atoms with Gasteiger partial charge in [0.05, 0.1) is 6.26 Å². The van der Waals surface area contributed by atoms with Crippen LogP contribution in [0, 0.1) is 0 Å². The van der Waals surface area contributed by atoms with E-state index in [0.717, 1.165) is 56.4 Å². The number of rotatable bonds is 8. The van der Waals surface area contributed by atoms with Crippen molar-refractivity contribution in [2.45, 2.75) is 25.3 Å². The Labute approximate surface area is 178 Å². The molecule has 1 atom stereocenters. The van der Waals surface area contributed by atoms with Gasteiger partial charge in [0.1, 0.15) is 11.6 Å². The van der Waals surface area contributed by atoms with Gasteiger partial charge in [0, 0.05) is 44.8 Å². The molecule has 1 saturated heterocycles. The Balaban J connectivity index is 1.33. The largest absolute Gasteiger partial charge is 0.469 e. The average Bonchev–Trinajstić information content (AvgIpc) is 3.47. The van der Waals surface area contributed by atoms with E-state index in [-0.39, 0.29) is 0 Å². The van der Waals surface area contributed by atoms with Gasteiger partial charge in [-0.15, -0.1) is 0 Å². The molecule has 30 heavy (non-hydrogen) atoms. The smallest absolute Gasteiger partial charge is 0.191 e. The van der Waals surface area contributed by atoms with E-state index >= 15 is 0 Å². The quantitative estimate of drug-likeness (QED) is 0.446. The SMILES string of the molecule is c1ccc(CCNC(=NCCc2ccco2)NC2CCN(c3ccccn3)C2)cc1. The van der Waals surface area contributed by atoms with Crippen molar-refractivity contribution in [3.63, 3.8) is 0 Å². The summed E-state index contributed by atoms with van der Waals surface area (Å²) in [7, 11) is 0. The van der Waals surface area contributed by atoms with Gasteiger partial charge >= 0.3 is 0 Å². The maximum atomic E-state index is 5.43. The minimum atomic E-state index is 0.346. The first-order chi connectivity index (χ1) is 14.9. The van der Waals surface area contributed by atoms with Gasteiger partial charge in [0.2, 0.25) is 0 Å². The van der Waals surface area contributed by atoms with E-state index in [9.17, 15) is 0 Å². The molecule has 1 aliphatic heterocycles. The van der Waals surface area contributed by atoms with E-state index in [1.807, 2.05) is 36.5 Å². The molecule has 2 N–H and O–H groups in total. The second kappa shape index (κ2) is 10.5. The highest BCUT2D eigenvalue weighted by atomic mass is 16.3. The number of nitrogens with one attached hydrogen (secondary N) is 2. The fourth-order valence-corrected chi connectivity index (χ4v) is 3.68. The van der Waals surface area contributed by atoms with Gasteiger partial charge in [-0.3, -0.25) is 4.99 Å². The Morgan fingerprint density at radius 2 is 1.97 bits per heavy atom. The zero-order valence-electron chi connectivity index (χ0n) is 17.2. The molecule has 0 bridgehead atoms. The van der Waals surface area contributed by atoms with Crippen molar-refractivity contribution in [1.82, 2.24) is 15.6 Å². The zero-order valence-corrected chi connectivity index (χ0v) is 17.2. The third-order valence-electron chi connectivity index (χ3n) is 5.26. The fraction of sp³-hybridized carbons (Fsp3) is 0.333. The number of aromatic nitrogens is 1. The highest BCUT2D eigenvalue weighted by Gasteiger charge is 2.24. The van der Waals surface area contributed by atoms with Crippen molar-refractivity contribution in [3.8, 4) is 0 Å². The molecule has 6 nitrogen and oxygen atoms in total. The maximum Gasteiger partial charge on any atom is 0.191 e. The lowest BCUT2D eigenvalue weighted by Gasteiger charge is -2.20. The molecule has 1 aliphatic rings. The van der Waals surface area contributed by atoms with Crippen molar-refractivity contribution in [2.75, 3.05) is 31.1 Å². The van der Waals surface area contributed by atoms with Crippen molar-refractivity contribution < 1.29 is 4.42 Å². The minimum absolute atomic E-state index is 0.346. The monoisotopic (exact) mass is 403 g/mol. The zero-order chi connectivity index (χ0) is 20.4. The molecule has 0 aliphatic carbocycles. The lowest BCUT2D eigenvalue weighted by atomic mass is 10.1. The lowest BCUT2D eigenvalue weighted by Crippen LogP contribution is -2.45. The molecule has 0 radical (unpaired) electrons. The molecule has 0 saturated carbocycles. The van der Waals surface area contributed by atoms with Crippen LogP contribution in [0.1, 0.15) is 17.7 Å². The number of furan rings is 1. The number of hydrogen-bond acceptors (Lipinski definition) is 4. The van der Waals surface area contributed by atoms with Gasteiger partial charge in [-0.2, -0.15) is 0 Å². The van der Waals surface area contributed by atoms with Crippen molar-refractivity contribution in [1.29, 1.82) is 0 Å². The number of hydrogen-bond donors (Lipinski definition) is 2. The molecule has 0 amide bonds. The molecule has 1 unspecified atom stereocenters. The molecule has 6 heteroatoms. The van der Waals surface area contributed by atoms with Crippen molar-refractivity contribution in [2.24, 2.45) is 4.99 Å². The highest BCUT2D eigenvalue weighted by molar-refractivity contribution is 5.80. The van der Waals surface area contributed by atoms with Gasteiger partial charge in [-0.1, -0.05) is 36.4 Å². The Bertz CT molecular complexity index is 896. The van der Waals surface area contributed by atoms with E-state index in [0.29, 0.717) is 12.6 Å². The van der Waals surface area contributed by atoms with Crippen LogP contribution in [0.3, 0.4) is 0 Å². The van der Waals surface area contributed by atoms with Crippen LogP contribution in [0.4, 0.5) is 5.82 Å². The molecule has 3 aromatic rings. The first kappa shape index (κ1) is 20.0. The molecule has 4 rings (SSSR count). The number of pyridine rings is 1. The number of benzene rings is 1. The van der Waals surface area contributed by atoms with E-state index in [1.165, 1.54) is 5.56 Å².